The number of hydrogen-bond acceptors (Lipinski definition) is 5. The van der Waals surface area contributed by atoms with E-state index < -0.39 is 11.3 Å². The first kappa shape index (κ1) is 20.1. The molecule has 1 fully saturated rings. The Labute approximate surface area is 159 Å². The van der Waals surface area contributed by atoms with Gasteiger partial charge in [-0.05, 0) is 13.0 Å². The highest BCUT2D eigenvalue weighted by Crippen LogP contribution is 2.41. The summed E-state index contributed by atoms with van der Waals surface area (Å²) in [5.74, 6) is -3.11. The zero-order valence-corrected chi connectivity index (χ0v) is 16.6. The van der Waals surface area contributed by atoms with Crippen molar-refractivity contribution in [1.29, 1.82) is 0 Å². The minimum absolute atomic E-state index is 0.0753. The Hall–Kier alpha value is -1.67. The van der Waals surface area contributed by atoms with Gasteiger partial charge in [-0.2, -0.15) is 13.9 Å². The third-order valence-electron chi connectivity index (χ3n) is 5.31. The number of anilines is 1. The maximum atomic E-state index is 14.3. The normalized spacial score (nSPS) is 22.7. The van der Waals surface area contributed by atoms with Gasteiger partial charge in [0.25, 0.3) is 5.92 Å². The van der Waals surface area contributed by atoms with Crippen molar-refractivity contribution in [3.63, 3.8) is 0 Å². The first-order valence-electron chi connectivity index (χ1n) is 9.66. The Kier molecular flexibility index (Phi) is 5.49. The summed E-state index contributed by atoms with van der Waals surface area (Å²) >= 11 is 0. The fourth-order valence-corrected chi connectivity index (χ4v) is 3.90. The third kappa shape index (κ3) is 4.11. The van der Waals surface area contributed by atoms with Crippen molar-refractivity contribution in [2.75, 3.05) is 37.6 Å². The lowest BCUT2D eigenvalue weighted by Gasteiger charge is -2.32. The van der Waals surface area contributed by atoms with Crippen molar-refractivity contribution in [3.05, 3.63) is 17.5 Å². The summed E-state index contributed by atoms with van der Waals surface area (Å²) in [5.41, 5.74) is 0.330. The van der Waals surface area contributed by atoms with Crippen LogP contribution >= 0.6 is 0 Å². The topological polar surface area (TPSA) is 61.4 Å². The molecule has 0 saturated carbocycles. The fourth-order valence-electron chi connectivity index (χ4n) is 3.90. The SMILES string of the molecule is CCCC(F)(F)c1cc2c(nn1)C(C)(C)CN2C(=O)CN1CCNC(C)C1. The number of amides is 1. The van der Waals surface area contributed by atoms with Crippen molar-refractivity contribution in [3.8, 4) is 0 Å². The molecule has 1 saturated heterocycles. The standard InChI is InChI=1S/C19H29F2N5O/c1-5-6-19(20,21)15-9-14-17(24-23-15)18(3,4)12-26(14)16(27)11-25-8-7-22-13(2)10-25/h9,13,22H,5-8,10-12H2,1-4H3. The second-order valence-electron chi connectivity index (χ2n) is 8.37. The second kappa shape index (κ2) is 7.39. The highest BCUT2D eigenvalue weighted by molar-refractivity contribution is 5.97. The lowest BCUT2D eigenvalue weighted by atomic mass is 9.91. The summed E-state index contributed by atoms with van der Waals surface area (Å²) in [6, 6.07) is 1.70. The van der Waals surface area contributed by atoms with E-state index in [1.807, 2.05) is 13.8 Å². The van der Waals surface area contributed by atoms with Gasteiger partial charge in [-0.15, -0.1) is 5.10 Å². The zero-order valence-electron chi connectivity index (χ0n) is 16.6. The van der Waals surface area contributed by atoms with E-state index >= 15 is 0 Å². The molecule has 0 aliphatic carbocycles. The Morgan fingerprint density at radius 2 is 2.15 bits per heavy atom. The summed E-state index contributed by atoms with van der Waals surface area (Å²) < 4.78 is 28.7. The van der Waals surface area contributed by atoms with Crippen molar-refractivity contribution in [2.45, 2.75) is 57.9 Å². The van der Waals surface area contributed by atoms with E-state index in [2.05, 4.69) is 27.3 Å². The number of piperazine rings is 1. The van der Waals surface area contributed by atoms with Crippen LogP contribution in [0.25, 0.3) is 0 Å². The van der Waals surface area contributed by atoms with E-state index in [0.29, 0.717) is 30.4 Å². The van der Waals surface area contributed by atoms with Gasteiger partial charge in [0, 0.05) is 44.1 Å². The summed E-state index contributed by atoms with van der Waals surface area (Å²) in [5, 5.41) is 11.3. The van der Waals surface area contributed by atoms with Gasteiger partial charge < -0.3 is 10.2 Å². The molecule has 1 amide bonds. The van der Waals surface area contributed by atoms with E-state index in [1.54, 1.807) is 11.8 Å². The average molecular weight is 381 g/mol. The minimum Gasteiger partial charge on any atom is -0.312 e. The van der Waals surface area contributed by atoms with Crippen molar-refractivity contribution >= 4 is 11.6 Å². The van der Waals surface area contributed by atoms with Crippen LogP contribution in [0, 0.1) is 0 Å². The van der Waals surface area contributed by atoms with Gasteiger partial charge in [0.1, 0.15) is 5.69 Å². The van der Waals surface area contributed by atoms with Crippen LogP contribution in [0.3, 0.4) is 0 Å². The first-order chi connectivity index (χ1) is 12.6. The molecule has 1 N–H and O–H groups in total. The molecule has 8 heteroatoms. The van der Waals surface area contributed by atoms with E-state index in [4.69, 9.17) is 0 Å². The quantitative estimate of drug-likeness (QED) is 0.848. The van der Waals surface area contributed by atoms with Gasteiger partial charge in [-0.25, -0.2) is 0 Å². The summed E-state index contributed by atoms with van der Waals surface area (Å²) in [7, 11) is 0. The Balaban J connectivity index is 1.85. The molecule has 1 atom stereocenters. The maximum Gasteiger partial charge on any atom is 0.291 e. The molecule has 2 aliphatic heterocycles. The highest BCUT2D eigenvalue weighted by atomic mass is 19.3. The third-order valence-corrected chi connectivity index (χ3v) is 5.31. The van der Waals surface area contributed by atoms with Gasteiger partial charge in [0.2, 0.25) is 5.91 Å². The van der Waals surface area contributed by atoms with Crippen LogP contribution in [0.1, 0.15) is 51.9 Å². The monoisotopic (exact) mass is 381 g/mol. The number of carbonyl (C=O) groups is 1. The molecule has 0 bridgehead atoms. The van der Waals surface area contributed by atoms with Gasteiger partial charge in [0.15, 0.2) is 0 Å². The molecule has 1 aromatic heterocycles. The number of halogens is 2. The van der Waals surface area contributed by atoms with Crippen LogP contribution in [0.4, 0.5) is 14.5 Å². The predicted molar refractivity (Wildman–Crippen MR) is 100 cm³/mol. The van der Waals surface area contributed by atoms with Crippen LogP contribution in [0.5, 0.6) is 0 Å². The average Bonchev–Trinajstić information content (AvgIpc) is 2.86. The number of aromatic nitrogens is 2. The molecular formula is C19H29F2N5O. The number of carbonyl (C=O) groups excluding carboxylic acids is 1. The van der Waals surface area contributed by atoms with Gasteiger partial charge in [-0.1, -0.05) is 27.2 Å². The lowest BCUT2D eigenvalue weighted by Crippen LogP contribution is -2.52. The van der Waals surface area contributed by atoms with Crippen molar-refractivity contribution in [1.82, 2.24) is 20.4 Å². The van der Waals surface area contributed by atoms with Crippen LogP contribution in [0.15, 0.2) is 6.07 Å². The van der Waals surface area contributed by atoms with E-state index in [-0.39, 0.29) is 24.6 Å². The molecule has 0 spiro atoms. The maximum absolute atomic E-state index is 14.3. The number of nitrogens with one attached hydrogen (secondary N) is 1. The molecule has 3 rings (SSSR count). The number of alkyl halides is 2. The summed E-state index contributed by atoms with van der Waals surface area (Å²) in [4.78, 5) is 16.7. The molecule has 1 aromatic rings. The van der Waals surface area contributed by atoms with Crippen molar-refractivity contribution < 1.29 is 13.6 Å². The largest absolute Gasteiger partial charge is 0.312 e. The number of fused-ring (bicyclic) bond motifs is 1. The van der Waals surface area contributed by atoms with Gasteiger partial charge >= 0.3 is 0 Å². The number of rotatable bonds is 5. The molecule has 150 valence electrons. The van der Waals surface area contributed by atoms with E-state index in [0.717, 1.165) is 19.6 Å². The summed E-state index contributed by atoms with van der Waals surface area (Å²) in [6.45, 7) is 10.9. The Morgan fingerprint density at radius 1 is 1.41 bits per heavy atom. The molecule has 27 heavy (non-hydrogen) atoms. The Bertz CT molecular complexity index is 709. The number of hydrogen-bond donors (Lipinski definition) is 1. The predicted octanol–water partition coefficient (Wildman–Crippen LogP) is 2.29. The lowest BCUT2D eigenvalue weighted by molar-refractivity contribution is -0.120. The first-order valence-corrected chi connectivity index (χ1v) is 9.66. The second-order valence-corrected chi connectivity index (χ2v) is 8.37. The fraction of sp³-hybridized carbons (Fsp3) is 0.737. The molecule has 3 heterocycles. The minimum atomic E-state index is -3.04. The number of nitrogens with zero attached hydrogens (tertiary/aromatic N) is 4. The van der Waals surface area contributed by atoms with Crippen molar-refractivity contribution in [2.24, 2.45) is 0 Å². The van der Waals surface area contributed by atoms with Crippen LogP contribution in [-0.2, 0) is 16.1 Å². The molecule has 2 aliphatic rings. The molecule has 0 aromatic carbocycles. The van der Waals surface area contributed by atoms with E-state index in [9.17, 15) is 13.6 Å². The van der Waals surface area contributed by atoms with Gasteiger partial charge in [-0.3, -0.25) is 9.69 Å². The molecule has 1 unspecified atom stereocenters. The van der Waals surface area contributed by atoms with E-state index in [1.165, 1.54) is 6.07 Å². The highest BCUT2D eigenvalue weighted by Gasteiger charge is 2.43. The molecule has 0 radical (unpaired) electrons. The molecular weight excluding hydrogens is 352 g/mol. The van der Waals surface area contributed by atoms with Gasteiger partial charge in [0.05, 0.1) is 17.9 Å². The Morgan fingerprint density at radius 3 is 2.81 bits per heavy atom. The summed E-state index contributed by atoms with van der Waals surface area (Å²) in [6.07, 6.45) is 0.0670. The smallest absolute Gasteiger partial charge is 0.291 e. The van der Waals surface area contributed by atoms with Crippen LogP contribution < -0.4 is 10.2 Å². The van der Waals surface area contributed by atoms with Crippen LogP contribution in [0.2, 0.25) is 0 Å². The van der Waals surface area contributed by atoms with Crippen LogP contribution in [-0.4, -0.2) is 59.8 Å². The zero-order chi connectivity index (χ0) is 19.8. The molecule has 6 nitrogen and oxygen atoms in total.